The van der Waals surface area contributed by atoms with Gasteiger partial charge in [-0.1, -0.05) is 12.1 Å². The molecule has 0 aliphatic heterocycles. The Hall–Kier alpha value is -1.17. The number of aromatic nitrogens is 2. The Morgan fingerprint density at radius 2 is 2.00 bits per heavy atom. The van der Waals surface area contributed by atoms with Crippen molar-refractivity contribution in [1.29, 1.82) is 0 Å². The summed E-state index contributed by atoms with van der Waals surface area (Å²) in [6, 6.07) is 9.70. The lowest BCUT2D eigenvalue weighted by atomic mass is 10.1. The quantitative estimate of drug-likeness (QED) is 0.684. The highest BCUT2D eigenvalue weighted by molar-refractivity contribution is 14.1. The van der Waals surface area contributed by atoms with Crippen molar-refractivity contribution in [3.63, 3.8) is 0 Å². The molecule has 70 valence electrons. The van der Waals surface area contributed by atoms with E-state index in [-0.39, 0.29) is 0 Å². The molecule has 0 unspecified atom stereocenters. The SMILES string of the molecule is O=Cc1cc(-c2ccc(I)cc2)n[nH]1. The van der Waals surface area contributed by atoms with Gasteiger partial charge in [-0.25, -0.2) is 0 Å². The predicted molar refractivity (Wildman–Crippen MR) is 62.1 cm³/mol. The van der Waals surface area contributed by atoms with Gasteiger partial charge in [0.2, 0.25) is 0 Å². The van der Waals surface area contributed by atoms with Crippen molar-refractivity contribution >= 4 is 28.9 Å². The Morgan fingerprint density at radius 1 is 1.29 bits per heavy atom. The number of aldehydes is 1. The zero-order valence-electron chi connectivity index (χ0n) is 7.20. The molecule has 0 radical (unpaired) electrons. The van der Waals surface area contributed by atoms with Crippen LogP contribution in [-0.4, -0.2) is 16.5 Å². The summed E-state index contributed by atoms with van der Waals surface area (Å²) in [5, 5.41) is 6.68. The van der Waals surface area contributed by atoms with Gasteiger partial charge < -0.3 is 0 Å². The van der Waals surface area contributed by atoms with E-state index in [1.165, 1.54) is 3.57 Å². The lowest BCUT2D eigenvalue weighted by Gasteiger charge is -1.94. The van der Waals surface area contributed by atoms with Crippen LogP contribution >= 0.6 is 22.6 Å². The van der Waals surface area contributed by atoms with Gasteiger partial charge in [-0.05, 0) is 40.8 Å². The van der Waals surface area contributed by atoms with Crippen molar-refractivity contribution in [2.45, 2.75) is 0 Å². The standard InChI is InChI=1S/C10H7IN2O/c11-8-3-1-7(2-4-8)10-5-9(6-14)12-13-10/h1-6H,(H,12,13). The van der Waals surface area contributed by atoms with Crippen LogP contribution in [-0.2, 0) is 0 Å². The molecular weight excluding hydrogens is 291 g/mol. The average Bonchev–Trinajstić information content (AvgIpc) is 2.67. The van der Waals surface area contributed by atoms with E-state index in [0.29, 0.717) is 5.69 Å². The molecule has 14 heavy (non-hydrogen) atoms. The first-order valence-electron chi connectivity index (χ1n) is 4.06. The van der Waals surface area contributed by atoms with Crippen LogP contribution in [0.1, 0.15) is 10.5 Å². The van der Waals surface area contributed by atoms with Crippen molar-refractivity contribution in [2.75, 3.05) is 0 Å². The number of rotatable bonds is 2. The number of hydrogen-bond donors (Lipinski definition) is 1. The molecule has 0 amide bonds. The lowest BCUT2D eigenvalue weighted by Crippen LogP contribution is -1.77. The van der Waals surface area contributed by atoms with Crippen molar-refractivity contribution < 1.29 is 4.79 Å². The molecule has 2 rings (SSSR count). The molecule has 0 saturated carbocycles. The molecule has 0 saturated heterocycles. The third-order valence-corrected chi connectivity index (χ3v) is 2.58. The monoisotopic (exact) mass is 298 g/mol. The van der Waals surface area contributed by atoms with Crippen LogP contribution in [0, 0.1) is 3.57 Å². The van der Waals surface area contributed by atoms with E-state index in [0.717, 1.165) is 17.5 Å². The van der Waals surface area contributed by atoms with Crippen molar-refractivity contribution in [1.82, 2.24) is 10.2 Å². The van der Waals surface area contributed by atoms with Crippen molar-refractivity contribution in [2.24, 2.45) is 0 Å². The first-order chi connectivity index (χ1) is 6.79. The summed E-state index contributed by atoms with van der Waals surface area (Å²) in [7, 11) is 0. The Kier molecular flexibility index (Phi) is 2.62. The highest BCUT2D eigenvalue weighted by atomic mass is 127. The zero-order chi connectivity index (χ0) is 9.97. The van der Waals surface area contributed by atoms with E-state index in [9.17, 15) is 4.79 Å². The van der Waals surface area contributed by atoms with Gasteiger partial charge in [0.1, 0.15) is 0 Å². The van der Waals surface area contributed by atoms with Crippen LogP contribution in [0.3, 0.4) is 0 Å². The van der Waals surface area contributed by atoms with Crippen molar-refractivity contribution in [3.05, 3.63) is 39.6 Å². The molecule has 1 aromatic heterocycles. The normalized spacial score (nSPS) is 10.1. The fourth-order valence-electron chi connectivity index (χ4n) is 1.17. The first-order valence-corrected chi connectivity index (χ1v) is 5.14. The van der Waals surface area contributed by atoms with E-state index >= 15 is 0 Å². The molecule has 4 heteroatoms. The van der Waals surface area contributed by atoms with Gasteiger partial charge >= 0.3 is 0 Å². The smallest absolute Gasteiger partial charge is 0.167 e. The van der Waals surface area contributed by atoms with Crippen LogP contribution in [0.15, 0.2) is 30.3 Å². The van der Waals surface area contributed by atoms with E-state index in [4.69, 9.17) is 0 Å². The number of carbonyl (C=O) groups excluding carboxylic acids is 1. The Labute approximate surface area is 94.7 Å². The Bertz CT molecular complexity index is 447. The second-order valence-corrected chi connectivity index (χ2v) is 4.08. The van der Waals surface area contributed by atoms with Crippen molar-refractivity contribution in [3.8, 4) is 11.3 Å². The molecule has 0 aliphatic carbocycles. The van der Waals surface area contributed by atoms with Gasteiger partial charge in [0.25, 0.3) is 0 Å². The van der Waals surface area contributed by atoms with Gasteiger partial charge in [-0.15, -0.1) is 0 Å². The van der Waals surface area contributed by atoms with Gasteiger partial charge in [-0.2, -0.15) is 5.10 Å². The van der Waals surface area contributed by atoms with E-state index < -0.39 is 0 Å². The maximum Gasteiger partial charge on any atom is 0.167 e. The fourth-order valence-corrected chi connectivity index (χ4v) is 1.53. The van der Waals surface area contributed by atoms with E-state index in [2.05, 4.69) is 32.8 Å². The molecule has 0 fully saturated rings. The molecule has 0 aliphatic rings. The summed E-state index contributed by atoms with van der Waals surface area (Å²) in [4.78, 5) is 10.4. The molecule has 0 spiro atoms. The molecule has 1 N–H and O–H groups in total. The summed E-state index contributed by atoms with van der Waals surface area (Å²) < 4.78 is 1.18. The minimum atomic E-state index is 0.499. The molecular formula is C10H7IN2O. The number of aromatic amines is 1. The van der Waals surface area contributed by atoms with Gasteiger partial charge in [0.15, 0.2) is 6.29 Å². The minimum absolute atomic E-state index is 0.499. The minimum Gasteiger partial charge on any atom is -0.296 e. The topological polar surface area (TPSA) is 45.8 Å². The summed E-state index contributed by atoms with van der Waals surface area (Å²) in [5.74, 6) is 0. The molecule has 1 aromatic carbocycles. The van der Waals surface area contributed by atoms with Crippen LogP contribution in [0.25, 0.3) is 11.3 Å². The number of carbonyl (C=O) groups is 1. The lowest BCUT2D eigenvalue weighted by molar-refractivity contribution is 0.111. The average molecular weight is 298 g/mol. The zero-order valence-corrected chi connectivity index (χ0v) is 9.36. The molecule has 2 aromatic rings. The van der Waals surface area contributed by atoms with Gasteiger partial charge in [-0.3, -0.25) is 9.89 Å². The third kappa shape index (κ3) is 1.84. The summed E-state index contributed by atoms with van der Waals surface area (Å²) in [6.45, 7) is 0. The van der Waals surface area contributed by atoms with Gasteiger partial charge in [0.05, 0.1) is 11.4 Å². The van der Waals surface area contributed by atoms with E-state index in [1.807, 2.05) is 24.3 Å². The molecule has 0 atom stereocenters. The Morgan fingerprint density at radius 3 is 2.57 bits per heavy atom. The highest BCUT2D eigenvalue weighted by Crippen LogP contribution is 2.18. The number of halogens is 1. The number of benzene rings is 1. The fraction of sp³-hybridized carbons (Fsp3) is 0. The van der Waals surface area contributed by atoms with E-state index in [1.54, 1.807) is 6.07 Å². The maximum absolute atomic E-state index is 10.4. The number of nitrogens with zero attached hydrogens (tertiary/aromatic N) is 1. The maximum atomic E-state index is 10.4. The van der Waals surface area contributed by atoms with Crippen LogP contribution in [0.4, 0.5) is 0 Å². The second kappa shape index (κ2) is 3.91. The summed E-state index contributed by atoms with van der Waals surface area (Å²) in [6.07, 6.45) is 0.753. The molecule has 0 bridgehead atoms. The first kappa shape index (κ1) is 9.39. The molecule has 3 nitrogen and oxygen atoms in total. The summed E-state index contributed by atoms with van der Waals surface area (Å²) in [5.41, 5.74) is 2.30. The summed E-state index contributed by atoms with van der Waals surface area (Å²) >= 11 is 2.24. The number of hydrogen-bond acceptors (Lipinski definition) is 2. The Balaban J connectivity index is 2.39. The second-order valence-electron chi connectivity index (χ2n) is 2.83. The predicted octanol–water partition coefficient (Wildman–Crippen LogP) is 2.49. The number of nitrogens with one attached hydrogen (secondary N) is 1. The largest absolute Gasteiger partial charge is 0.296 e. The van der Waals surface area contributed by atoms with Crippen LogP contribution in [0.5, 0.6) is 0 Å². The highest BCUT2D eigenvalue weighted by Gasteiger charge is 2.02. The van der Waals surface area contributed by atoms with Gasteiger partial charge in [0, 0.05) is 9.13 Å². The third-order valence-electron chi connectivity index (χ3n) is 1.86. The number of H-pyrrole nitrogens is 1. The van der Waals surface area contributed by atoms with Crippen LogP contribution < -0.4 is 0 Å². The molecule has 1 heterocycles. The van der Waals surface area contributed by atoms with Crippen LogP contribution in [0.2, 0.25) is 0 Å².